The Hall–Kier alpha value is -1.96. The molecular weight excluding hydrogens is 330 g/mol. The Morgan fingerprint density at radius 3 is 2.54 bits per heavy atom. The van der Waals surface area contributed by atoms with E-state index in [0.717, 1.165) is 12.8 Å². The fraction of sp³-hybridized carbons (Fsp3) is 0.625. The van der Waals surface area contributed by atoms with E-state index in [9.17, 15) is 14.4 Å². The molecular formula is C16H25N3O4S. The average Bonchev–Trinajstić information content (AvgIpc) is 2.89. The van der Waals surface area contributed by atoms with Gasteiger partial charge in [-0.05, 0) is 6.42 Å². The minimum Gasteiger partial charge on any atom is -0.480 e. The van der Waals surface area contributed by atoms with Crippen LogP contribution >= 0.6 is 11.3 Å². The van der Waals surface area contributed by atoms with Gasteiger partial charge in [0, 0.05) is 10.8 Å². The number of hydrogen-bond donors (Lipinski definition) is 3. The summed E-state index contributed by atoms with van der Waals surface area (Å²) in [6.07, 6.45) is 1.98. The van der Waals surface area contributed by atoms with Crippen LogP contribution in [0, 0.1) is 5.41 Å². The van der Waals surface area contributed by atoms with Crippen LogP contribution in [-0.4, -0.2) is 33.9 Å². The summed E-state index contributed by atoms with van der Waals surface area (Å²) in [5.74, 6) is -1.58. The van der Waals surface area contributed by atoms with Crippen molar-refractivity contribution in [1.29, 1.82) is 0 Å². The third kappa shape index (κ3) is 6.66. The van der Waals surface area contributed by atoms with E-state index < -0.39 is 23.3 Å². The Bertz CT molecular complexity index is 592. The lowest BCUT2D eigenvalue weighted by Gasteiger charge is -2.16. The number of anilines is 1. The van der Waals surface area contributed by atoms with Crippen LogP contribution in [0.4, 0.5) is 5.13 Å². The standard InChI is InChI=1S/C16H25N3O4S/c1-5-6-7-11(13(21)22)18-12(20)8-10-9-24-15(17-10)19-14(23)16(2,3)4/h9,11H,5-8H2,1-4H3,(H,18,20)(H,21,22)(H,17,19,23). The molecule has 0 saturated carbocycles. The number of rotatable bonds is 8. The first-order chi connectivity index (χ1) is 11.1. The van der Waals surface area contributed by atoms with Gasteiger partial charge in [-0.25, -0.2) is 9.78 Å². The number of carboxylic acid groups (broad SMARTS) is 1. The molecule has 1 heterocycles. The van der Waals surface area contributed by atoms with E-state index in [2.05, 4.69) is 15.6 Å². The van der Waals surface area contributed by atoms with E-state index in [4.69, 9.17) is 5.11 Å². The lowest BCUT2D eigenvalue weighted by Crippen LogP contribution is -2.41. The van der Waals surface area contributed by atoms with Crippen molar-refractivity contribution >= 4 is 34.3 Å². The molecule has 2 amide bonds. The van der Waals surface area contributed by atoms with Crippen LogP contribution in [0.25, 0.3) is 0 Å². The molecule has 0 spiro atoms. The lowest BCUT2D eigenvalue weighted by atomic mass is 9.96. The molecule has 7 nitrogen and oxygen atoms in total. The number of nitrogens with one attached hydrogen (secondary N) is 2. The van der Waals surface area contributed by atoms with Gasteiger partial charge in [0.2, 0.25) is 11.8 Å². The first-order valence-electron chi connectivity index (χ1n) is 7.91. The van der Waals surface area contributed by atoms with Crippen molar-refractivity contribution in [2.45, 2.75) is 59.4 Å². The first-order valence-corrected chi connectivity index (χ1v) is 8.79. The number of carboxylic acids is 1. The molecule has 0 aliphatic carbocycles. The highest BCUT2D eigenvalue weighted by Gasteiger charge is 2.23. The zero-order valence-corrected chi connectivity index (χ0v) is 15.3. The Balaban J connectivity index is 2.59. The SMILES string of the molecule is CCCCC(NC(=O)Cc1csc(NC(=O)C(C)(C)C)n1)C(=O)O. The molecule has 1 aromatic rings. The molecule has 1 unspecified atom stereocenters. The highest BCUT2D eigenvalue weighted by atomic mass is 32.1. The fourth-order valence-electron chi connectivity index (χ4n) is 1.81. The molecule has 0 aromatic carbocycles. The second-order valence-electron chi connectivity index (χ2n) is 6.63. The van der Waals surface area contributed by atoms with Gasteiger partial charge in [0.05, 0.1) is 12.1 Å². The van der Waals surface area contributed by atoms with Crippen LogP contribution in [0.5, 0.6) is 0 Å². The number of unbranched alkanes of at least 4 members (excludes halogenated alkanes) is 1. The van der Waals surface area contributed by atoms with Crippen LogP contribution in [-0.2, 0) is 20.8 Å². The number of carbonyl (C=O) groups is 3. The topological polar surface area (TPSA) is 108 Å². The number of nitrogens with zero attached hydrogens (tertiary/aromatic N) is 1. The normalized spacial score (nSPS) is 12.5. The zero-order chi connectivity index (χ0) is 18.3. The Kier molecular flexibility index (Phi) is 7.34. The number of amides is 2. The van der Waals surface area contributed by atoms with Gasteiger partial charge < -0.3 is 15.7 Å². The molecule has 0 fully saturated rings. The monoisotopic (exact) mass is 355 g/mol. The molecule has 0 aliphatic rings. The second-order valence-corrected chi connectivity index (χ2v) is 7.48. The van der Waals surface area contributed by atoms with Crippen LogP contribution < -0.4 is 10.6 Å². The second kappa shape index (κ2) is 8.77. The number of carbonyl (C=O) groups excluding carboxylic acids is 2. The van der Waals surface area contributed by atoms with E-state index >= 15 is 0 Å². The number of hydrogen-bond acceptors (Lipinski definition) is 5. The Labute approximate surface area is 145 Å². The predicted molar refractivity (Wildman–Crippen MR) is 93.0 cm³/mol. The van der Waals surface area contributed by atoms with Crippen LogP contribution in [0.15, 0.2) is 5.38 Å². The third-order valence-electron chi connectivity index (χ3n) is 3.27. The summed E-state index contributed by atoms with van der Waals surface area (Å²) in [4.78, 5) is 39.2. The molecule has 24 heavy (non-hydrogen) atoms. The molecule has 0 radical (unpaired) electrons. The van der Waals surface area contributed by atoms with E-state index in [0.29, 0.717) is 17.2 Å². The molecule has 3 N–H and O–H groups in total. The minimum absolute atomic E-state index is 0.0161. The van der Waals surface area contributed by atoms with Crippen LogP contribution in [0.1, 0.15) is 52.7 Å². The molecule has 1 rings (SSSR count). The van der Waals surface area contributed by atoms with Crippen molar-refractivity contribution in [2.75, 3.05) is 5.32 Å². The molecule has 0 saturated heterocycles. The molecule has 0 bridgehead atoms. The van der Waals surface area contributed by atoms with Crippen molar-refractivity contribution in [3.8, 4) is 0 Å². The number of aromatic nitrogens is 1. The summed E-state index contributed by atoms with van der Waals surface area (Å²) in [6.45, 7) is 7.36. The quantitative estimate of drug-likeness (QED) is 0.664. The molecule has 0 aliphatic heterocycles. The lowest BCUT2D eigenvalue weighted by molar-refractivity contribution is -0.142. The number of aliphatic carboxylic acids is 1. The van der Waals surface area contributed by atoms with Crippen LogP contribution in [0.2, 0.25) is 0 Å². The van der Waals surface area contributed by atoms with Crippen molar-refractivity contribution in [2.24, 2.45) is 5.41 Å². The summed E-state index contributed by atoms with van der Waals surface area (Å²) < 4.78 is 0. The van der Waals surface area contributed by atoms with Gasteiger partial charge in [0.15, 0.2) is 5.13 Å². The van der Waals surface area contributed by atoms with E-state index in [1.807, 2.05) is 6.92 Å². The summed E-state index contributed by atoms with van der Waals surface area (Å²) in [6, 6.07) is -0.879. The van der Waals surface area contributed by atoms with E-state index in [1.54, 1.807) is 26.2 Å². The molecule has 1 aromatic heterocycles. The molecule has 8 heteroatoms. The third-order valence-corrected chi connectivity index (χ3v) is 4.08. The van der Waals surface area contributed by atoms with Gasteiger partial charge >= 0.3 is 5.97 Å². The van der Waals surface area contributed by atoms with E-state index in [-0.39, 0.29) is 12.3 Å². The largest absolute Gasteiger partial charge is 0.480 e. The minimum atomic E-state index is -1.03. The average molecular weight is 355 g/mol. The van der Waals surface area contributed by atoms with Crippen molar-refractivity contribution < 1.29 is 19.5 Å². The summed E-state index contributed by atoms with van der Waals surface area (Å²) >= 11 is 1.24. The summed E-state index contributed by atoms with van der Waals surface area (Å²) in [7, 11) is 0. The van der Waals surface area contributed by atoms with E-state index in [1.165, 1.54) is 11.3 Å². The maximum absolute atomic E-state index is 12.0. The van der Waals surface area contributed by atoms with Gasteiger partial charge in [-0.15, -0.1) is 11.3 Å². The van der Waals surface area contributed by atoms with Gasteiger partial charge in [-0.3, -0.25) is 9.59 Å². The van der Waals surface area contributed by atoms with Crippen molar-refractivity contribution in [3.05, 3.63) is 11.1 Å². The highest BCUT2D eigenvalue weighted by molar-refractivity contribution is 7.13. The Morgan fingerprint density at radius 1 is 1.33 bits per heavy atom. The maximum Gasteiger partial charge on any atom is 0.326 e. The smallest absolute Gasteiger partial charge is 0.326 e. The zero-order valence-electron chi connectivity index (χ0n) is 14.5. The van der Waals surface area contributed by atoms with Gasteiger partial charge in [0.1, 0.15) is 6.04 Å². The highest BCUT2D eigenvalue weighted by Crippen LogP contribution is 2.20. The van der Waals surface area contributed by atoms with Gasteiger partial charge in [-0.1, -0.05) is 40.5 Å². The van der Waals surface area contributed by atoms with Crippen LogP contribution in [0.3, 0.4) is 0 Å². The maximum atomic E-state index is 12.0. The summed E-state index contributed by atoms with van der Waals surface area (Å²) in [5, 5.41) is 16.4. The van der Waals surface area contributed by atoms with Gasteiger partial charge in [-0.2, -0.15) is 0 Å². The fourth-order valence-corrected chi connectivity index (χ4v) is 2.51. The summed E-state index contributed by atoms with van der Waals surface area (Å²) in [5.41, 5.74) is -0.0293. The molecule has 1 atom stereocenters. The molecule has 134 valence electrons. The van der Waals surface area contributed by atoms with Gasteiger partial charge in [0.25, 0.3) is 0 Å². The number of thiazole rings is 1. The van der Waals surface area contributed by atoms with Crippen molar-refractivity contribution in [3.63, 3.8) is 0 Å². The Morgan fingerprint density at radius 2 is 2.00 bits per heavy atom. The van der Waals surface area contributed by atoms with Crippen molar-refractivity contribution in [1.82, 2.24) is 10.3 Å². The predicted octanol–water partition coefficient (Wildman–Crippen LogP) is 2.43. The first kappa shape index (κ1) is 20.1.